The molecule has 3 atom stereocenters. The van der Waals surface area contributed by atoms with Crippen molar-refractivity contribution >= 4 is 31.5 Å². The number of hydrogen-bond donors (Lipinski definition) is 1. The van der Waals surface area contributed by atoms with Crippen LogP contribution in [-0.4, -0.2) is 45.5 Å². The van der Waals surface area contributed by atoms with Crippen molar-refractivity contribution in [3.8, 4) is 6.07 Å². The molecule has 2 heterocycles. The van der Waals surface area contributed by atoms with E-state index < -0.39 is 8.53 Å². The summed E-state index contributed by atoms with van der Waals surface area (Å²) in [5.41, 5.74) is -0.0152. The van der Waals surface area contributed by atoms with Crippen LogP contribution in [0.25, 0.3) is 0 Å². The molecule has 1 aromatic heterocycles. The van der Waals surface area contributed by atoms with Crippen LogP contribution >= 0.6 is 31.5 Å². The molecule has 0 saturated carbocycles. The Balaban J connectivity index is 0.000000291. The van der Waals surface area contributed by atoms with Crippen molar-refractivity contribution in [3.05, 3.63) is 34.7 Å². The van der Waals surface area contributed by atoms with Gasteiger partial charge in [0.05, 0.1) is 31.8 Å². The molecule has 1 aliphatic heterocycles. The summed E-state index contributed by atoms with van der Waals surface area (Å²) in [6.45, 7) is 8.93. The maximum Gasteiger partial charge on any atom is 0.256 e. The number of aromatic nitrogens is 1. The van der Waals surface area contributed by atoms with E-state index in [1.807, 2.05) is 67.5 Å². The highest BCUT2D eigenvalue weighted by molar-refractivity contribution is 14.1. The highest BCUT2D eigenvalue weighted by atomic mass is 127. The summed E-state index contributed by atoms with van der Waals surface area (Å²) in [5, 5.41) is 8.32. The number of halogens is 1. The van der Waals surface area contributed by atoms with Crippen LogP contribution in [0.4, 0.5) is 0 Å². The van der Waals surface area contributed by atoms with Crippen molar-refractivity contribution in [2.24, 2.45) is 0 Å². The maximum absolute atomic E-state index is 11.5. The average molecular weight is 539 g/mol. The minimum Gasteiger partial charge on any atom is -0.352 e. The Morgan fingerprint density at radius 2 is 2.07 bits per heavy atom. The first kappa shape index (κ1) is 26.4. The number of rotatable bonds is 9. The van der Waals surface area contributed by atoms with E-state index >= 15 is 0 Å². The molecule has 8 nitrogen and oxygen atoms in total. The Bertz CT molecular complexity index is 674. The largest absolute Gasteiger partial charge is 0.352 e. The van der Waals surface area contributed by atoms with Crippen LogP contribution in [0.15, 0.2) is 29.2 Å². The molecule has 164 valence electrons. The van der Waals surface area contributed by atoms with E-state index in [2.05, 4.69) is 0 Å². The first-order chi connectivity index (χ1) is 13.8. The molecule has 0 spiro atoms. The topological polar surface area (TPSA) is 97.0 Å². The van der Waals surface area contributed by atoms with Crippen LogP contribution in [0, 0.1) is 11.3 Å². The summed E-state index contributed by atoms with van der Waals surface area (Å²) in [6, 6.07) is 7.59. The van der Waals surface area contributed by atoms with Crippen molar-refractivity contribution in [3.63, 3.8) is 0 Å². The lowest BCUT2D eigenvalue weighted by molar-refractivity contribution is -0.0132. The van der Waals surface area contributed by atoms with Gasteiger partial charge in [0.15, 0.2) is 0 Å². The monoisotopic (exact) mass is 539 g/mol. The van der Waals surface area contributed by atoms with E-state index in [1.54, 1.807) is 22.9 Å². The van der Waals surface area contributed by atoms with Gasteiger partial charge < -0.3 is 17.2 Å². The van der Waals surface area contributed by atoms with Gasteiger partial charge in [-0.25, -0.2) is 4.67 Å². The van der Waals surface area contributed by atoms with Gasteiger partial charge in [-0.2, -0.15) is 5.26 Å². The third-order valence-electron chi connectivity index (χ3n) is 4.17. The first-order valence-corrected chi connectivity index (χ1v) is 11.7. The van der Waals surface area contributed by atoms with Gasteiger partial charge in [-0.15, -0.1) is 0 Å². The van der Waals surface area contributed by atoms with Crippen LogP contribution in [0.1, 0.15) is 53.2 Å². The van der Waals surface area contributed by atoms with Crippen LogP contribution in [0.3, 0.4) is 0 Å². The van der Waals surface area contributed by atoms with Gasteiger partial charge in [0.1, 0.15) is 29.2 Å². The number of pyridine rings is 1. The van der Waals surface area contributed by atoms with Gasteiger partial charge >= 0.3 is 0 Å². The van der Waals surface area contributed by atoms with Crippen molar-refractivity contribution in [1.82, 2.24) is 9.24 Å². The van der Waals surface area contributed by atoms with Crippen molar-refractivity contribution < 1.29 is 17.2 Å². The molecule has 0 radical (unpaired) electrons. The van der Waals surface area contributed by atoms with Gasteiger partial charge in [0.25, 0.3) is 14.1 Å². The van der Waals surface area contributed by atoms with Crippen LogP contribution in [0.2, 0.25) is 0 Å². The Hall–Kier alpha value is -0.600. The fraction of sp³-hybridized carbons (Fsp3) is 0.684. The number of nitrogens with zero attached hydrogens (tertiary/aromatic N) is 3. The van der Waals surface area contributed by atoms with E-state index in [0.717, 1.165) is 12.8 Å². The fourth-order valence-electron chi connectivity index (χ4n) is 2.99. The zero-order valence-corrected chi connectivity index (χ0v) is 20.5. The van der Waals surface area contributed by atoms with E-state index in [9.17, 15) is 9.69 Å². The van der Waals surface area contributed by atoms with Crippen LogP contribution < -0.4 is 5.56 Å². The number of nitriles is 1. The summed E-state index contributed by atoms with van der Waals surface area (Å²) in [4.78, 5) is 21.3. The molecule has 0 aromatic carbocycles. The Morgan fingerprint density at radius 1 is 1.38 bits per heavy atom. The minimum atomic E-state index is -1.55. The summed E-state index contributed by atoms with van der Waals surface area (Å²) in [5.74, 6) is 0. The molecule has 2 rings (SSSR count). The lowest BCUT2D eigenvalue weighted by Crippen LogP contribution is -2.32. The number of ether oxygens (including phenoxy) is 1. The van der Waals surface area contributed by atoms with Gasteiger partial charge in [0, 0.05) is 24.3 Å². The maximum atomic E-state index is 11.5. The van der Waals surface area contributed by atoms with Crippen molar-refractivity contribution in [2.75, 3.05) is 13.2 Å². The predicted octanol–water partition coefficient (Wildman–Crippen LogP) is 4.15. The Kier molecular flexibility index (Phi) is 13.1. The van der Waals surface area contributed by atoms with Gasteiger partial charge in [-0.3, -0.25) is 9.36 Å². The fourth-order valence-corrected chi connectivity index (χ4v) is 4.57. The molecule has 1 fully saturated rings. The second-order valence-corrected chi connectivity index (χ2v) is 8.92. The van der Waals surface area contributed by atoms with E-state index in [0.29, 0.717) is 19.6 Å². The normalized spacial score (nSPS) is 19.9. The Morgan fingerprint density at radius 3 is 2.62 bits per heavy atom. The lowest BCUT2D eigenvalue weighted by Gasteiger charge is -2.32. The number of hydrogen-bond acceptors (Lipinski definition) is 7. The molecular formula is C19H31IN3O5P. The quantitative estimate of drug-likeness (QED) is 0.286. The molecule has 0 bridgehead atoms. The summed E-state index contributed by atoms with van der Waals surface area (Å²) < 4.78 is 19.4. The molecule has 1 aromatic rings. The summed E-state index contributed by atoms with van der Waals surface area (Å²) in [7, 11) is -1.55. The van der Waals surface area contributed by atoms with Crippen LogP contribution in [-0.2, 0) is 12.3 Å². The van der Waals surface area contributed by atoms with Crippen molar-refractivity contribution in [2.45, 2.75) is 71.4 Å². The molecular weight excluding hydrogens is 508 g/mol. The standard InChI is InChI=1S/C10H12INO3.C9H19N2O2P/c11-14-7-8-4-5-10(15-8)12-6-2-1-3-9(12)13;1-8(2)11(9(3)4)14(12)13-7-5-6-10/h1-3,6,8,10H,4-5,7H2;8-9,12H,5,7H2,1-4H3. The molecule has 10 heteroatoms. The zero-order chi connectivity index (χ0) is 21.8. The lowest BCUT2D eigenvalue weighted by atomic mass is 10.2. The molecule has 29 heavy (non-hydrogen) atoms. The second kappa shape index (κ2) is 14.4. The Labute approximate surface area is 188 Å². The molecule has 3 unspecified atom stereocenters. The summed E-state index contributed by atoms with van der Waals surface area (Å²) >= 11 is 1.86. The molecule has 0 amide bonds. The van der Waals surface area contributed by atoms with Gasteiger partial charge in [-0.05, 0) is 46.6 Å². The SMILES string of the molecule is CC(C)N(C(C)C)P(O)OCCC#N.O=c1ccccn1C1CCC(COI)O1. The second-order valence-electron chi connectivity index (χ2n) is 7.07. The average Bonchev–Trinajstić information content (AvgIpc) is 3.11. The van der Waals surface area contributed by atoms with E-state index in [1.165, 1.54) is 0 Å². The molecule has 1 N–H and O–H groups in total. The first-order valence-electron chi connectivity index (χ1n) is 9.65. The zero-order valence-electron chi connectivity index (χ0n) is 17.4. The third kappa shape index (κ3) is 9.39. The van der Waals surface area contributed by atoms with Gasteiger partial charge in [0.2, 0.25) is 0 Å². The van der Waals surface area contributed by atoms with Crippen LogP contribution in [0.5, 0.6) is 0 Å². The molecule has 1 aliphatic rings. The van der Waals surface area contributed by atoms with E-state index in [-0.39, 0.29) is 30.0 Å². The molecule has 1 saturated heterocycles. The highest BCUT2D eigenvalue weighted by Gasteiger charge is 2.26. The smallest absolute Gasteiger partial charge is 0.256 e. The highest BCUT2D eigenvalue weighted by Crippen LogP contribution is 2.40. The molecule has 0 aliphatic carbocycles. The summed E-state index contributed by atoms with van der Waals surface area (Å²) in [6.07, 6.45) is 3.88. The predicted molar refractivity (Wildman–Crippen MR) is 121 cm³/mol. The van der Waals surface area contributed by atoms with E-state index in [4.69, 9.17) is 17.6 Å². The third-order valence-corrected chi connectivity index (χ3v) is 6.26. The van der Waals surface area contributed by atoms with Gasteiger partial charge in [-0.1, -0.05) is 6.07 Å². The van der Waals surface area contributed by atoms with Crippen molar-refractivity contribution in [1.29, 1.82) is 5.26 Å². The minimum absolute atomic E-state index is 0.0152.